The molecule has 1 aliphatic carbocycles. The van der Waals surface area contributed by atoms with Gasteiger partial charge in [-0.3, -0.25) is 4.79 Å². The van der Waals surface area contributed by atoms with E-state index in [1.165, 1.54) is 34.0 Å². The van der Waals surface area contributed by atoms with Gasteiger partial charge in [0, 0.05) is 18.0 Å². The second-order valence-electron chi connectivity index (χ2n) is 7.60. The number of amides is 1. The predicted molar refractivity (Wildman–Crippen MR) is 121 cm³/mol. The zero-order valence-electron chi connectivity index (χ0n) is 18.0. The van der Waals surface area contributed by atoms with Crippen LogP contribution in [-0.4, -0.2) is 26.4 Å². The van der Waals surface area contributed by atoms with Gasteiger partial charge in [0.2, 0.25) is 5.91 Å². The van der Waals surface area contributed by atoms with E-state index >= 15 is 0 Å². The number of nitrogens with one attached hydrogen (secondary N) is 1. The molecule has 11 heteroatoms. The molecule has 0 fully saturated rings. The normalized spacial score (nSPS) is 13.8. The van der Waals surface area contributed by atoms with Crippen LogP contribution in [0.5, 0.6) is 5.75 Å². The molecule has 7 nitrogen and oxygen atoms in total. The lowest BCUT2D eigenvalue weighted by molar-refractivity contribution is -0.113. The first-order chi connectivity index (χ1) is 15.9. The van der Waals surface area contributed by atoms with E-state index in [1.54, 1.807) is 18.5 Å². The number of nitrogens with zero attached hydrogens (tertiary/aromatic N) is 4. The van der Waals surface area contributed by atoms with E-state index in [9.17, 15) is 18.8 Å². The van der Waals surface area contributed by atoms with Gasteiger partial charge in [-0.2, -0.15) is 5.26 Å². The van der Waals surface area contributed by atoms with Crippen molar-refractivity contribution in [2.24, 2.45) is 7.05 Å². The second-order valence-corrected chi connectivity index (χ2v) is 9.65. The maximum Gasteiger partial charge on any atom is 0.235 e. The van der Waals surface area contributed by atoms with Crippen molar-refractivity contribution in [2.45, 2.75) is 43.9 Å². The minimum Gasteiger partial charge on any atom is -0.480 e. The number of ether oxygens (including phenoxy) is 1. The summed E-state index contributed by atoms with van der Waals surface area (Å²) in [5.74, 6) is -1.31. The molecule has 0 bridgehead atoms. The van der Waals surface area contributed by atoms with Gasteiger partial charge in [0.05, 0.1) is 11.3 Å². The third kappa shape index (κ3) is 5.02. The number of rotatable bonds is 7. The third-order valence-electron chi connectivity index (χ3n) is 5.30. The Morgan fingerprint density at radius 3 is 2.91 bits per heavy atom. The van der Waals surface area contributed by atoms with Crippen LogP contribution in [0.1, 0.15) is 47.7 Å². The first-order valence-corrected chi connectivity index (χ1v) is 12.2. The lowest BCUT2D eigenvalue weighted by Gasteiger charge is -2.14. The van der Waals surface area contributed by atoms with Crippen LogP contribution in [0.2, 0.25) is 0 Å². The monoisotopic (exact) mass is 489 g/mol. The molecule has 4 rings (SSSR count). The average Bonchev–Trinajstić information content (AvgIpc) is 3.33. The second kappa shape index (κ2) is 9.89. The SMILES string of the molecule is CC(Oc1ccc(F)cc1F)c1nnc(SCC(=O)Nc2sc3c(c2C#N)CCCC3)n1C. The summed E-state index contributed by atoms with van der Waals surface area (Å²) in [6.45, 7) is 1.68. The van der Waals surface area contributed by atoms with Crippen LogP contribution in [0, 0.1) is 23.0 Å². The fraction of sp³-hybridized carbons (Fsp3) is 0.364. The average molecular weight is 490 g/mol. The summed E-state index contributed by atoms with van der Waals surface area (Å²) in [7, 11) is 1.72. The standard InChI is InChI=1S/C22H21F2N5O2S2/c1-12(31-17-8-7-13(23)9-16(17)24)20-27-28-22(29(20)2)32-11-19(30)26-21-15(10-25)14-5-3-4-6-18(14)33-21/h7-9,12H,3-6,11H2,1-2H3,(H,26,30). The summed E-state index contributed by atoms with van der Waals surface area (Å²) in [5, 5.41) is 21.7. The third-order valence-corrected chi connectivity index (χ3v) is 7.53. The van der Waals surface area contributed by atoms with Crippen LogP contribution in [0.25, 0.3) is 0 Å². The lowest BCUT2D eigenvalue weighted by Crippen LogP contribution is -2.15. The zero-order chi connectivity index (χ0) is 23.5. The molecule has 1 amide bonds. The van der Waals surface area contributed by atoms with E-state index in [1.807, 2.05) is 0 Å². The van der Waals surface area contributed by atoms with Crippen LogP contribution in [0.4, 0.5) is 13.8 Å². The number of anilines is 1. The molecule has 172 valence electrons. The van der Waals surface area contributed by atoms with Gasteiger partial charge in [0.25, 0.3) is 0 Å². The first kappa shape index (κ1) is 23.2. The molecule has 0 saturated carbocycles. The fourth-order valence-electron chi connectivity index (χ4n) is 3.68. The maximum atomic E-state index is 13.9. The molecule has 1 aliphatic rings. The first-order valence-electron chi connectivity index (χ1n) is 10.4. The number of hydrogen-bond donors (Lipinski definition) is 1. The number of carbonyl (C=O) groups excluding carboxylic acids is 1. The molecule has 2 aromatic heterocycles. The number of thioether (sulfide) groups is 1. The van der Waals surface area contributed by atoms with Crippen molar-refractivity contribution in [3.63, 3.8) is 0 Å². The van der Waals surface area contributed by atoms with Gasteiger partial charge < -0.3 is 14.6 Å². The number of nitriles is 1. The number of aryl methyl sites for hydroxylation is 1. The number of benzene rings is 1. The molecular formula is C22H21F2N5O2S2. The van der Waals surface area contributed by atoms with Crippen LogP contribution < -0.4 is 10.1 Å². The van der Waals surface area contributed by atoms with Gasteiger partial charge in [0.1, 0.15) is 16.9 Å². The Morgan fingerprint density at radius 2 is 2.15 bits per heavy atom. The highest BCUT2D eigenvalue weighted by Crippen LogP contribution is 2.37. The molecule has 1 aromatic carbocycles. The Hall–Kier alpha value is -2.97. The molecule has 0 radical (unpaired) electrons. The number of carbonyl (C=O) groups is 1. The smallest absolute Gasteiger partial charge is 0.235 e. The van der Waals surface area contributed by atoms with Crippen LogP contribution in [0.3, 0.4) is 0 Å². The summed E-state index contributed by atoms with van der Waals surface area (Å²) in [6, 6.07) is 5.32. The molecule has 0 spiro atoms. The van der Waals surface area contributed by atoms with E-state index in [0.717, 1.165) is 43.4 Å². The molecule has 0 saturated heterocycles. The van der Waals surface area contributed by atoms with Crippen molar-refractivity contribution < 1.29 is 18.3 Å². The molecule has 2 heterocycles. The molecule has 1 unspecified atom stereocenters. The summed E-state index contributed by atoms with van der Waals surface area (Å²) >= 11 is 2.68. The van der Waals surface area contributed by atoms with E-state index in [4.69, 9.17) is 4.74 Å². The Labute approximate surface area is 197 Å². The largest absolute Gasteiger partial charge is 0.480 e. The summed E-state index contributed by atoms with van der Waals surface area (Å²) in [4.78, 5) is 13.7. The van der Waals surface area contributed by atoms with Crippen molar-refractivity contribution in [1.82, 2.24) is 14.8 Å². The van der Waals surface area contributed by atoms with Crippen molar-refractivity contribution >= 4 is 34.0 Å². The van der Waals surface area contributed by atoms with Crippen molar-refractivity contribution in [3.8, 4) is 11.8 Å². The molecule has 33 heavy (non-hydrogen) atoms. The summed E-state index contributed by atoms with van der Waals surface area (Å²) < 4.78 is 34.2. The highest BCUT2D eigenvalue weighted by molar-refractivity contribution is 7.99. The van der Waals surface area contributed by atoms with Crippen molar-refractivity contribution in [2.75, 3.05) is 11.1 Å². The van der Waals surface area contributed by atoms with E-state index in [-0.39, 0.29) is 17.4 Å². The lowest BCUT2D eigenvalue weighted by atomic mass is 9.96. The van der Waals surface area contributed by atoms with Gasteiger partial charge in [-0.1, -0.05) is 11.8 Å². The Kier molecular flexibility index (Phi) is 6.95. The van der Waals surface area contributed by atoms with Crippen LogP contribution >= 0.6 is 23.1 Å². The highest BCUT2D eigenvalue weighted by atomic mass is 32.2. The van der Waals surface area contributed by atoms with Gasteiger partial charge in [0.15, 0.2) is 28.7 Å². The van der Waals surface area contributed by atoms with Crippen LogP contribution in [-0.2, 0) is 24.7 Å². The Bertz CT molecular complexity index is 1230. The molecule has 1 N–H and O–H groups in total. The zero-order valence-corrected chi connectivity index (χ0v) is 19.7. The van der Waals surface area contributed by atoms with Gasteiger partial charge in [-0.15, -0.1) is 21.5 Å². The minimum atomic E-state index is -0.803. The maximum absolute atomic E-state index is 13.9. The van der Waals surface area contributed by atoms with Crippen molar-refractivity contribution in [3.05, 3.63) is 51.7 Å². The summed E-state index contributed by atoms with van der Waals surface area (Å²) in [6.07, 6.45) is 3.34. The molecule has 3 aromatic rings. The fourth-order valence-corrected chi connectivity index (χ4v) is 5.66. The summed E-state index contributed by atoms with van der Waals surface area (Å²) in [5.41, 5.74) is 1.65. The predicted octanol–water partition coefficient (Wildman–Crippen LogP) is 4.78. The number of aromatic nitrogens is 3. The van der Waals surface area contributed by atoms with E-state index in [0.29, 0.717) is 21.5 Å². The topological polar surface area (TPSA) is 92.8 Å². The van der Waals surface area contributed by atoms with Gasteiger partial charge in [-0.25, -0.2) is 8.78 Å². The molecule has 0 aliphatic heterocycles. The van der Waals surface area contributed by atoms with Gasteiger partial charge in [-0.05, 0) is 50.3 Å². The Morgan fingerprint density at radius 1 is 1.36 bits per heavy atom. The number of thiophene rings is 1. The van der Waals surface area contributed by atoms with E-state index in [2.05, 4.69) is 21.6 Å². The number of halogens is 2. The molecule has 1 atom stereocenters. The minimum absolute atomic E-state index is 0.0846. The number of hydrogen-bond acceptors (Lipinski definition) is 7. The highest BCUT2D eigenvalue weighted by Gasteiger charge is 2.23. The van der Waals surface area contributed by atoms with Crippen molar-refractivity contribution in [1.29, 1.82) is 5.26 Å². The Balaban J connectivity index is 1.38. The quantitative estimate of drug-likeness (QED) is 0.481. The van der Waals surface area contributed by atoms with Gasteiger partial charge >= 0.3 is 0 Å². The molecular weight excluding hydrogens is 468 g/mol. The van der Waals surface area contributed by atoms with E-state index < -0.39 is 17.7 Å². The number of fused-ring (bicyclic) bond motifs is 1. The van der Waals surface area contributed by atoms with Crippen LogP contribution in [0.15, 0.2) is 23.4 Å².